The molecule has 0 saturated carbocycles. The molecular weight excluding hydrogens is 456 g/mol. The molecule has 1 saturated heterocycles. The van der Waals surface area contributed by atoms with Crippen molar-refractivity contribution in [2.75, 3.05) is 19.9 Å². The molecule has 2 aliphatic heterocycles. The van der Waals surface area contributed by atoms with Gasteiger partial charge in [-0.05, 0) is 66.7 Å². The van der Waals surface area contributed by atoms with E-state index in [1.54, 1.807) is 55.5 Å². The summed E-state index contributed by atoms with van der Waals surface area (Å²) in [4.78, 5) is 38.6. The first-order valence-corrected chi connectivity index (χ1v) is 10.9. The number of amides is 3. The van der Waals surface area contributed by atoms with E-state index < -0.39 is 12.0 Å². The van der Waals surface area contributed by atoms with Gasteiger partial charge in [0.1, 0.15) is 5.75 Å². The summed E-state index contributed by atoms with van der Waals surface area (Å²) in [6.45, 7) is 1.94. The molecule has 2 aromatic carbocycles. The standard InChI is InChI=1S/C22H19ClN2O6S/c1-13(31-16-5-3-15(23)4-6-16)20(26)24-8-9-25-21(27)19(32-22(25)28)11-14-2-7-17-18(10-14)30-12-29-17/h2-7,10-11,13H,8-9,12H2,1H3,(H,24,26)/b19-11-/t13-/m0/s1. The van der Waals surface area contributed by atoms with E-state index >= 15 is 0 Å². The lowest BCUT2D eigenvalue weighted by Crippen LogP contribution is -2.41. The van der Waals surface area contributed by atoms with Crippen LogP contribution >= 0.6 is 23.4 Å². The number of carbonyl (C=O) groups excluding carboxylic acids is 3. The van der Waals surface area contributed by atoms with Crippen LogP contribution in [0, 0.1) is 0 Å². The Hall–Kier alpha value is -3.17. The van der Waals surface area contributed by atoms with Crippen LogP contribution in [-0.4, -0.2) is 47.9 Å². The van der Waals surface area contributed by atoms with Gasteiger partial charge in [-0.1, -0.05) is 17.7 Å². The number of carbonyl (C=O) groups is 3. The molecule has 0 radical (unpaired) electrons. The van der Waals surface area contributed by atoms with Gasteiger partial charge in [0.05, 0.1) is 4.91 Å². The van der Waals surface area contributed by atoms with Gasteiger partial charge in [-0.3, -0.25) is 19.3 Å². The predicted molar refractivity (Wildman–Crippen MR) is 120 cm³/mol. The van der Waals surface area contributed by atoms with E-state index in [9.17, 15) is 14.4 Å². The molecule has 3 amide bonds. The van der Waals surface area contributed by atoms with Gasteiger partial charge in [0.25, 0.3) is 17.1 Å². The molecule has 8 nitrogen and oxygen atoms in total. The Morgan fingerprint density at radius 2 is 1.97 bits per heavy atom. The summed E-state index contributed by atoms with van der Waals surface area (Å²) in [5.74, 6) is 0.979. The van der Waals surface area contributed by atoms with Gasteiger partial charge in [0, 0.05) is 18.1 Å². The summed E-state index contributed by atoms with van der Waals surface area (Å²) in [5, 5.41) is 2.86. The highest BCUT2D eigenvalue weighted by molar-refractivity contribution is 8.18. The number of ether oxygens (including phenoxy) is 3. The zero-order chi connectivity index (χ0) is 22.7. The molecule has 32 heavy (non-hydrogen) atoms. The minimum atomic E-state index is -0.753. The van der Waals surface area contributed by atoms with Crippen molar-refractivity contribution in [2.45, 2.75) is 13.0 Å². The molecule has 4 rings (SSSR count). The van der Waals surface area contributed by atoms with Crippen molar-refractivity contribution in [2.24, 2.45) is 0 Å². The summed E-state index contributed by atoms with van der Waals surface area (Å²) < 4.78 is 16.2. The van der Waals surface area contributed by atoms with Crippen LogP contribution < -0.4 is 19.5 Å². The summed E-state index contributed by atoms with van der Waals surface area (Å²) in [6.07, 6.45) is 0.880. The first-order chi connectivity index (χ1) is 15.4. The molecule has 1 atom stereocenters. The third kappa shape index (κ3) is 5.00. The molecule has 0 bridgehead atoms. The van der Waals surface area contributed by atoms with Crippen LogP contribution in [0.5, 0.6) is 17.2 Å². The monoisotopic (exact) mass is 474 g/mol. The first kappa shape index (κ1) is 22.0. The smallest absolute Gasteiger partial charge is 0.293 e. The molecule has 1 fully saturated rings. The van der Waals surface area contributed by atoms with E-state index in [0.29, 0.717) is 27.2 Å². The van der Waals surface area contributed by atoms with Crippen LogP contribution in [0.4, 0.5) is 4.79 Å². The quantitative estimate of drug-likeness (QED) is 0.611. The molecular formula is C22H19ClN2O6S. The number of hydrogen-bond acceptors (Lipinski definition) is 7. The Morgan fingerprint density at radius 1 is 1.22 bits per heavy atom. The second kappa shape index (κ2) is 9.54. The van der Waals surface area contributed by atoms with E-state index in [2.05, 4.69) is 5.32 Å². The van der Waals surface area contributed by atoms with Crippen molar-refractivity contribution >= 4 is 46.5 Å². The van der Waals surface area contributed by atoms with E-state index in [1.165, 1.54) is 0 Å². The maximum Gasteiger partial charge on any atom is 0.293 e. The number of thioether (sulfide) groups is 1. The zero-order valence-electron chi connectivity index (χ0n) is 17.0. The summed E-state index contributed by atoms with van der Waals surface area (Å²) >= 11 is 6.69. The van der Waals surface area contributed by atoms with Gasteiger partial charge in [-0.2, -0.15) is 0 Å². The van der Waals surface area contributed by atoms with Gasteiger partial charge < -0.3 is 19.5 Å². The highest BCUT2D eigenvalue weighted by atomic mass is 35.5. The van der Waals surface area contributed by atoms with Crippen molar-refractivity contribution in [1.82, 2.24) is 10.2 Å². The topological polar surface area (TPSA) is 94.2 Å². The van der Waals surface area contributed by atoms with E-state index in [1.807, 2.05) is 0 Å². The van der Waals surface area contributed by atoms with Gasteiger partial charge in [-0.25, -0.2) is 0 Å². The van der Waals surface area contributed by atoms with E-state index in [4.69, 9.17) is 25.8 Å². The van der Waals surface area contributed by atoms with Crippen molar-refractivity contribution in [1.29, 1.82) is 0 Å². The molecule has 0 unspecified atom stereocenters. The van der Waals surface area contributed by atoms with Crippen molar-refractivity contribution in [3.63, 3.8) is 0 Å². The number of halogens is 1. The summed E-state index contributed by atoms with van der Waals surface area (Å²) in [6, 6.07) is 11.9. The van der Waals surface area contributed by atoms with Crippen LogP contribution in [0.2, 0.25) is 5.02 Å². The fourth-order valence-electron chi connectivity index (χ4n) is 3.05. The maximum absolute atomic E-state index is 12.6. The van der Waals surface area contributed by atoms with Gasteiger partial charge in [0.15, 0.2) is 17.6 Å². The minimum absolute atomic E-state index is 0.0581. The molecule has 0 spiro atoms. The normalized spacial score (nSPS) is 17.1. The summed E-state index contributed by atoms with van der Waals surface area (Å²) in [7, 11) is 0. The molecule has 0 aromatic heterocycles. The van der Waals surface area contributed by atoms with Crippen LogP contribution in [0.25, 0.3) is 6.08 Å². The fourth-order valence-corrected chi connectivity index (χ4v) is 4.04. The fraction of sp³-hybridized carbons (Fsp3) is 0.227. The second-order valence-electron chi connectivity index (χ2n) is 6.95. The SMILES string of the molecule is C[C@H](Oc1ccc(Cl)cc1)C(=O)NCCN1C(=O)S/C(=C\c2ccc3c(c2)OCO3)C1=O. The number of nitrogens with zero attached hydrogens (tertiary/aromatic N) is 1. The number of nitrogens with one attached hydrogen (secondary N) is 1. The molecule has 2 heterocycles. The zero-order valence-corrected chi connectivity index (χ0v) is 18.6. The Kier molecular flexibility index (Phi) is 6.57. The van der Waals surface area contributed by atoms with Crippen LogP contribution in [0.15, 0.2) is 47.4 Å². The van der Waals surface area contributed by atoms with Crippen molar-refractivity contribution in [3.8, 4) is 17.2 Å². The van der Waals surface area contributed by atoms with E-state index in [-0.39, 0.29) is 31.0 Å². The molecule has 0 aliphatic carbocycles. The molecule has 1 N–H and O–H groups in total. The van der Waals surface area contributed by atoms with Crippen molar-refractivity contribution < 1.29 is 28.6 Å². The third-order valence-electron chi connectivity index (χ3n) is 4.70. The number of benzene rings is 2. The Morgan fingerprint density at radius 3 is 2.75 bits per heavy atom. The van der Waals surface area contributed by atoms with Gasteiger partial charge in [0.2, 0.25) is 6.79 Å². The lowest BCUT2D eigenvalue weighted by molar-refractivity contribution is -0.128. The van der Waals surface area contributed by atoms with Crippen LogP contribution in [0.1, 0.15) is 12.5 Å². The van der Waals surface area contributed by atoms with Gasteiger partial charge in [-0.15, -0.1) is 0 Å². The number of hydrogen-bond donors (Lipinski definition) is 1. The Balaban J connectivity index is 1.30. The van der Waals surface area contributed by atoms with Crippen LogP contribution in [0.3, 0.4) is 0 Å². The average molecular weight is 475 g/mol. The Labute approximate surface area is 193 Å². The Bertz CT molecular complexity index is 1090. The third-order valence-corrected chi connectivity index (χ3v) is 5.86. The summed E-state index contributed by atoms with van der Waals surface area (Å²) in [5.41, 5.74) is 0.723. The number of fused-ring (bicyclic) bond motifs is 1. The number of rotatable bonds is 7. The maximum atomic E-state index is 12.6. The lowest BCUT2D eigenvalue weighted by atomic mass is 10.2. The van der Waals surface area contributed by atoms with Gasteiger partial charge >= 0.3 is 0 Å². The predicted octanol–water partition coefficient (Wildman–Crippen LogP) is 3.69. The number of imide groups is 1. The molecule has 10 heteroatoms. The molecule has 166 valence electrons. The highest BCUT2D eigenvalue weighted by Gasteiger charge is 2.34. The minimum Gasteiger partial charge on any atom is -0.481 e. The first-order valence-electron chi connectivity index (χ1n) is 9.75. The largest absolute Gasteiger partial charge is 0.481 e. The molecule has 2 aromatic rings. The van der Waals surface area contributed by atoms with E-state index in [0.717, 1.165) is 22.2 Å². The average Bonchev–Trinajstić information content (AvgIpc) is 3.34. The highest BCUT2D eigenvalue weighted by Crippen LogP contribution is 2.36. The molecule has 2 aliphatic rings. The van der Waals surface area contributed by atoms with Crippen LogP contribution in [-0.2, 0) is 9.59 Å². The second-order valence-corrected chi connectivity index (χ2v) is 8.38. The van der Waals surface area contributed by atoms with Crippen molar-refractivity contribution in [3.05, 3.63) is 58.0 Å². The lowest BCUT2D eigenvalue weighted by Gasteiger charge is -2.16.